The predicted octanol–water partition coefficient (Wildman–Crippen LogP) is 2.48. The number of halogens is 1. The number of hydrogen-bond donors (Lipinski definition) is 1. The maximum Gasteiger partial charge on any atom is 0.338 e. The van der Waals surface area contributed by atoms with Crippen molar-refractivity contribution in [1.82, 2.24) is 0 Å². The monoisotopic (exact) mass is 346 g/mol. The van der Waals surface area contributed by atoms with Gasteiger partial charge in [-0.05, 0) is 17.7 Å². The van der Waals surface area contributed by atoms with E-state index in [0.29, 0.717) is 6.61 Å². The zero-order valence-corrected chi connectivity index (χ0v) is 13.5. The Labute approximate surface area is 144 Å². The van der Waals surface area contributed by atoms with Crippen LogP contribution in [0.1, 0.15) is 15.9 Å². The van der Waals surface area contributed by atoms with E-state index in [0.717, 1.165) is 5.56 Å². The van der Waals surface area contributed by atoms with Gasteiger partial charge < -0.3 is 19.3 Å². The van der Waals surface area contributed by atoms with Gasteiger partial charge in [0.05, 0.1) is 18.8 Å². The molecule has 0 radical (unpaired) electrons. The molecule has 132 valence electrons. The number of aliphatic hydroxyl groups excluding tert-OH is 1. The Bertz CT molecular complexity index is 679. The highest BCUT2D eigenvalue weighted by Gasteiger charge is 2.47. The van der Waals surface area contributed by atoms with Crippen molar-refractivity contribution in [3.05, 3.63) is 71.8 Å². The van der Waals surface area contributed by atoms with E-state index in [9.17, 15) is 14.3 Å². The lowest BCUT2D eigenvalue weighted by Gasteiger charge is -2.16. The number of alkyl halides is 1. The second kappa shape index (κ2) is 8.20. The minimum absolute atomic E-state index is 0.0491. The van der Waals surface area contributed by atoms with Gasteiger partial charge in [-0.15, -0.1) is 0 Å². The van der Waals surface area contributed by atoms with Gasteiger partial charge in [0.1, 0.15) is 6.10 Å². The van der Waals surface area contributed by atoms with Gasteiger partial charge in [0.2, 0.25) is 0 Å². The Morgan fingerprint density at radius 2 is 1.72 bits per heavy atom. The lowest BCUT2D eigenvalue weighted by molar-refractivity contribution is -0.139. The molecule has 0 spiro atoms. The van der Waals surface area contributed by atoms with E-state index >= 15 is 0 Å². The molecule has 1 fully saturated rings. The summed E-state index contributed by atoms with van der Waals surface area (Å²) < 4.78 is 30.1. The highest BCUT2D eigenvalue weighted by Crippen LogP contribution is 2.26. The van der Waals surface area contributed by atoms with Gasteiger partial charge in [-0.1, -0.05) is 48.5 Å². The Morgan fingerprint density at radius 1 is 1.08 bits per heavy atom. The Morgan fingerprint density at radius 3 is 2.40 bits per heavy atom. The standard InChI is InChI=1S/C19H19FO5/c20-16-15(12-23-11-13-7-3-1-4-8-13)24-19(22)17(16)25-18(21)14-9-5-2-6-10-14/h1-10,15-17,19,22H,11-12H2/t15-,16+,17-,19+/m1/s1. The normalized spacial score (nSPS) is 25.7. The summed E-state index contributed by atoms with van der Waals surface area (Å²) in [5.41, 5.74) is 1.23. The minimum Gasteiger partial charge on any atom is -0.450 e. The third-order valence-corrected chi connectivity index (χ3v) is 3.91. The van der Waals surface area contributed by atoms with E-state index in [1.54, 1.807) is 30.3 Å². The van der Waals surface area contributed by atoms with E-state index in [1.165, 1.54) is 0 Å². The van der Waals surface area contributed by atoms with Gasteiger partial charge in [-0.3, -0.25) is 0 Å². The molecule has 1 N–H and O–H groups in total. The topological polar surface area (TPSA) is 65.0 Å². The molecule has 2 aromatic rings. The summed E-state index contributed by atoms with van der Waals surface area (Å²) in [6, 6.07) is 17.6. The van der Waals surface area contributed by atoms with Crippen molar-refractivity contribution in [3.63, 3.8) is 0 Å². The van der Waals surface area contributed by atoms with E-state index < -0.39 is 30.6 Å². The molecule has 0 unspecified atom stereocenters. The predicted molar refractivity (Wildman–Crippen MR) is 87.5 cm³/mol. The second-order valence-electron chi connectivity index (χ2n) is 5.75. The molecule has 0 saturated carbocycles. The van der Waals surface area contributed by atoms with E-state index in [4.69, 9.17) is 14.2 Å². The van der Waals surface area contributed by atoms with Gasteiger partial charge in [-0.2, -0.15) is 0 Å². The van der Waals surface area contributed by atoms with Crippen molar-refractivity contribution in [3.8, 4) is 0 Å². The number of esters is 1. The van der Waals surface area contributed by atoms with Crippen molar-refractivity contribution in [2.75, 3.05) is 6.61 Å². The van der Waals surface area contributed by atoms with Crippen molar-refractivity contribution in [2.45, 2.75) is 31.3 Å². The van der Waals surface area contributed by atoms with Crippen LogP contribution in [0.5, 0.6) is 0 Å². The smallest absolute Gasteiger partial charge is 0.338 e. The first kappa shape index (κ1) is 17.5. The van der Waals surface area contributed by atoms with Crippen molar-refractivity contribution in [1.29, 1.82) is 0 Å². The van der Waals surface area contributed by atoms with Crippen LogP contribution < -0.4 is 0 Å². The molecule has 6 heteroatoms. The first-order valence-corrected chi connectivity index (χ1v) is 8.00. The fourth-order valence-electron chi connectivity index (χ4n) is 2.59. The second-order valence-corrected chi connectivity index (χ2v) is 5.75. The van der Waals surface area contributed by atoms with Crippen molar-refractivity contribution in [2.24, 2.45) is 0 Å². The van der Waals surface area contributed by atoms with Crippen LogP contribution in [0.4, 0.5) is 4.39 Å². The van der Waals surface area contributed by atoms with Gasteiger partial charge in [-0.25, -0.2) is 9.18 Å². The number of aliphatic hydroxyl groups is 1. The molecule has 2 aromatic carbocycles. The first-order chi connectivity index (χ1) is 12.1. The van der Waals surface area contributed by atoms with Crippen LogP contribution in [-0.4, -0.2) is 42.4 Å². The number of benzene rings is 2. The van der Waals surface area contributed by atoms with E-state index in [2.05, 4.69) is 0 Å². The van der Waals surface area contributed by atoms with Crippen LogP contribution in [0.25, 0.3) is 0 Å². The van der Waals surface area contributed by atoms with Crippen LogP contribution in [-0.2, 0) is 20.8 Å². The summed E-state index contributed by atoms with van der Waals surface area (Å²) >= 11 is 0. The molecule has 5 nitrogen and oxygen atoms in total. The summed E-state index contributed by atoms with van der Waals surface area (Å²) in [6.45, 7) is 0.254. The number of ether oxygens (including phenoxy) is 3. The maximum absolute atomic E-state index is 14.5. The molecule has 1 saturated heterocycles. The number of carbonyl (C=O) groups is 1. The molecule has 1 aliphatic rings. The average molecular weight is 346 g/mol. The molecule has 0 aliphatic carbocycles. The minimum atomic E-state index is -1.67. The van der Waals surface area contributed by atoms with E-state index in [1.807, 2.05) is 30.3 Å². The number of rotatable bonds is 6. The molecule has 25 heavy (non-hydrogen) atoms. The molecule has 1 aliphatic heterocycles. The van der Waals surface area contributed by atoms with Crippen molar-refractivity contribution >= 4 is 5.97 Å². The summed E-state index contributed by atoms with van der Waals surface area (Å²) in [6.07, 6.45) is -5.56. The largest absolute Gasteiger partial charge is 0.450 e. The Balaban J connectivity index is 1.52. The SMILES string of the molecule is O=C(O[C@@H]1[C@@H](F)[C@@H](COCc2ccccc2)O[C@@H]1O)c1ccccc1. The van der Waals surface area contributed by atoms with Crippen LogP contribution in [0.2, 0.25) is 0 Å². The Kier molecular flexibility index (Phi) is 5.75. The molecule has 3 rings (SSSR count). The lowest BCUT2D eigenvalue weighted by atomic mass is 10.1. The summed E-state index contributed by atoms with van der Waals surface area (Å²) in [7, 11) is 0. The van der Waals surface area contributed by atoms with Crippen LogP contribution in [0.3, 0.4) is 0 Å². The molecule has 0 amide bonds. The molecule has 0 aromatic heterocycles. The highest BCUT2D eigenvalue weighted by atomic mass is 19.1. The quantitative estimate of drug-likeness (QED) is 0.814. The fraction of sp³-hybridized carbons (Fsp3) is 0.316. The Hall–Kier alpha value is -2.28. The van der Waals surface area contributed by atoms with Gasteiger partial charge in [0.15, 0.2) is 18.6 Å². The molecular weight excluding hydrogens is 327 g/mol. The summed E-state index contributed by atoms with van der Waals surface area (Å²) in [5, 5.41) is 9.85. The van der Waals surface area contributed by atoms with Crippen LogP contribution in [0, 0.1) is 0 Å². The molecule has 0 bridgehead atoms. The number of carbonyl (C=O) groups excluding carboxylic acids is 1. The molecule has 4 atom stereocenters. The van der Waals surface area contributed by atoms with Crippen LogP contribution >= 0.6 is 0 Å². The third kappa shape index (κ3) is 4.42. The fourth-order valence-corrected chi connectivity index (χ4v) is 2.59. The average Bonchev–Trinajstić information content (AvgIpc) is 2.91. The molecule has 1 heterocycles. The summed E-state index contributed by atoms with van der Waals surface area (Å²) in [5.74, 6) is -0.707. The van der Waals surface area contributed by atoms with Crippen molar-refractivity contribution < 1.29 is 28.5 Å². The third-order valence-electron chi connectivity index (χ3n) is 3.91. The van der Waals surface area contributed by atoms with Crippen LogP contribution in [0.15, 0.2) is 60.7 Å². The lowest BCUT2D eigenvalue weighted by Crippen LogP contribution is -2.35. The van der Waals surface area contributed by atoms with Gasteiger partial charge in [0.25, 0.3) is 0 Å². The van der Waals surface area contributed by atoms with E-state index in [-0.39, 0.29) is 12.2 Å². The molecular formula is C19H19FO5. The zero-order valence-electron chi connectivity index (χ0n) is 13.5. The summed E-state index contributed by atoms with van der Waals surface area (Å²) in [4.78, 5) is 12.0. The van der Waals surface area contributed by atoms with Gasteiger partial charge in [0, 0.05) is 0 Å². The number of hydrogen-bond acceptors (Lipinski definition) is 5. The maximum atomic E-state index is 14.5. The first-order valence-electron chi connectivity index (χ1n) is 8.00. The zero-order chi connectivity index (χ0) is 17.6. The van der Waals surface area contributed by atoms with Gasteiger partial charge >= 0.3 is 5.97 Å². The highest BCUT2D eigenvalue weighted by molar-refractivity contribution is 5.89.